The number of nitrogens with one attached hydrogen (secondary N) is 1. The quantitative estimate of drug-likeness (QED) is 0.679. The summed E-state index contributed by atoms with van der Waals surface area (Å²) >= 11 is 8.42. The monoisotopic (exact) mass is 403 g/mol. The highest BCUT2D eigenvalue weighted by Crippen LogP contribution is 2.29. The highest BCUT2D eigenvalue weighted by Gasteiger charge is 2.16. The molecule has 2 aromatic rings. The van der Waals surface area contributed by atoms with Gasteiger partial charge >= 0.3 is 0 Å². The van der Waals surface area contributed by atoms with Gasteiger partial charge in [0, 0.05) is 8.59 Å². The second-order valence-electron chi connectivity index (χ2n) is 4.60. The number of hydrogen-bond donors (Lipinski definition) is 1. The molecule has 0 spiro atoms. The van der Waals surface area contributed by atoms with Crippen LogP contribution in [0.2, 0.25) is 5.02 Å². The average molecular weight is 404 g/mol. The first-order valence-corrected chi connectivity index (χ1v) is 8.01. The van der Waals surface area contributed by atoms with Crippen LogP contribution in [0.1, 0.15) is 30.5 Å². The van der Waals surface area contributed by atoms with Gasteiger partial charge in [0.25, 0.3) is 0 Å². The molecule has 0 bridgehead atoms. The first-order valence-electron chi connectivity index (χ1n) is 6.55. The number of benzene rings is 2. The zero-order valence-corrected chi connectivity index (χ0v) is 14.1. The normalized spacial score (nSPS) is 12.4. The van der Waals surface area contributed by atoms with Crippen molar-refractivity contribution in [1.82, 2.24) is 5.32 Å². The van der Waals surface area contributed by atoms with Gasteiger partial charge in [-0.05, 0) is 77.0 Å². The average Bonchev–Trinajstić information content (AvgIpc) is 2.44. The minimum Gasteiger partial charge on any atom is -0.306 e. The molecule has 0 aliphatic carbocycles. The van der Waals surface area contributed by atoms with E-state index in [1.54, 1.807) is 0 Å². The summed E-state index contributed by atoms with van der Waals surface area (Å²) < 4.78 is 14.2. The molecule has 0 radical (unpaired) electrons. The summed E-state index contributed by atoms with van der Waals surface area (Å²) in [6, 6.07) is 12.5. The molecule has 1 atom stereocenters. The number of halogens is 3. The smallest absolute Gasteiger partial charge is 0.123 e. The van der Waals surface area contributed by atoms with Crippen LogP contribution in [-0.2, 0) is 0 Å². The molecule has 4 heteroatoms. The zero-order chi connectivity index (χ0) is 14.5. The molecule has 0 saturated carbocycles. The fourth-order valence-electron chi connectivity index (χ4n) is 2.09. The molecular formula is C16H16ClFIN. The Morgan fingerprint density at radius 1 is 1.20 bits per heavy atom. The van der Waals surface area contributed by atoms with E-state index in [1.807, 2.05) is 30.3 Å². The van der Waals surface area contributed by atoms with Gasteiger partial charge in [-0.3, -0.25) is 0 Å². The van der Waals surface area contributed by atoms with Gasteiger partial charge in [-0.25, -0.2) is 4.39 Å². The summed E-state index contributed by atoms with van der Waals surface area (Å²) in [5.41, 5.74) is 2.16. The van der Waals surface area contributed by atoms with Crippen molar-refractivity contribution < 1.29 is 4.39 Å². The van der Waals surface area contributed by atoms with Crippen molar-refractivity contribution in [3.8, 4) is 0 Å². The van der Waals surface area contributed by atoms with Crippen molar-refractivity contribution in [2.24, 2.45) is 0 Å². The molecule has 0 aromatic heterocycles. The maximum Gasteiger partial charge on any atom is 0.123 e. The summed E-state index contributed by atoms with van der Waals surface area (Å²) in [7, 11) is 0. The number of rotatable bonds is 5. The van der Waals surface area contributed by atoms with Gasteiger partial charge in [0.1, 0.15) is 5.82 Å². The topological polar surface area (TPSA) is 12.0 Å². The van der Waals surface area contributed by atoms with Gasteiger partial charge in [-0.15, -0.1) is 0 Å². The minimum atomic E-state index is -0.219. The fraction of sp³-hybridized carbons (Fsp3) is 0.250. The predicted octanol–water partition coefficient (Wildman–Crippen LogP) is 5.17. The molecule has 0 saturated heterocycles. The van der Waals surface area contributed by atoms with Crippen LogP contribution in [0.25, 0.3) is 0 Å². The summed E-state index contributed by atoms with van der Waals surface area (Å²) in [6.07, 6.45) is 1.04. The second kappa shape index (κ2) is 7.38. The highest BCUT2D eigenvalue weighted by molar-refractivity contribution is 14.1. The molecule has 1 N–H and O–H groups in total. The Morgan fingerprint density at radius 2 is 1.90 bits per heavy atom. The van der Waals surface area contributed by atoms with E-state index in [9.17, 15) is 4.39 Å². The molecule has 20 heavy (non-hydrogen) atoms. The van der Waals surface area contributed by atoms with Crippen LogP contribution in [0.5, 0.6) is 0 Å². The van der Waals surface area contributed by atoms with Crippen molar-refractivity contribution in [2.45, 2.75) is 19.4 Å². The Bertz CT molecular complexity index is 571. The third-order valence-electron chi connectivity index (χ3n) is 3.07. The van der Waals surface area contributed by atoms with E-state index in [-0.39, 0.29) is 11.9 Å². The van der Waals surface area contributed by atoms with E-state index in [4.69, 9.17) is 11.6 Å². The van der Waals surface area contributed by atoms with Crippen LogP contribution in [0.15, 0.2) is 42.5 Å². The van der Waals surface area contributed by atoms with Crippen LogP contribution in [0, 0.1) is 9.39 Å². The molecule has 0 heterocycles. The SMILES string of the molecule is CCCNC(c1ccc(F)cc1)c1cc(Cl)ccc1I. The number of hydrogen-bond acceptors (Lipinski definition) is 1. The third-order valence-corrected chi connectivity index (χ3v) is 4.29. The standard InChI is InChI=1S/C16H16ClFIN/c1-2-9-20-16(11-3-6-13(18)7-4-11)14-10-12(17)5-8-15(14)19/h3-8,10,16,20H,2,9H2,1H3. The molecule has 0 aliphatic heterocycles. The van der Waals surface area contributed by atoms with Crippen LogP contribution in [0.4, 0.5) is 4.39 Å². The molecule has 0 aliphatic rings. The fourth-order valence-corrected chi connectivity index (χ4v) is 2.91. The molecule has 2 aromatic carbocycles. The van der Waals surface area contributed by atoms with E-state index in [0.717, 1.165) is 27.7 Å². The Labute approximate surface area is 137 Å². The van der Waals surface area contributed by atoms with Crippen LogP contribution < -0.4 is 5.32 Å². The first-order chi connectivity index (χ1) is 9.61. The molecule has 1 unspecified atom stereocenters. The summed E-state index contributed by atoms with van der Waals surface area (Å²) in [4.78, 5) is 0. The van der Waals surface area contributed by atoms with Gasteiger partial charge in [0.05, 0.1) is 6.04 Å². The zero-order valence-electron chi connectivity index (χ0n) is 11.2. The van der Waals surface area contributed by atoms with E-state index < -0.39 is 0 Å². The Balaban J connectivity index is 2.41. The van der Waals surface area contributed by atoms with Gasteiger partial charge in [0.15, 0.2) is 0 Å². The van der Waals surface area contributed by atoms with Crippen molar-refractivity contribution in [3.05, 3.63) is 68.0 Å². The maximum absolute atomic E-state index is 13.1. The molecule has 106 valence electrons. The van der Waals surface area contributed by atoms with Gasteiger partial charge in [-0.1, -0.05) is 30.7 Å². The Morgan fingerprint density at radius 3 is 2.55 bits per heavy atom. The lowest BCUT2D eigenvalue weighted by Gasteiger charge is -2.21. The lowest BCUT2D eigenvalue weighted by atomic mass is 9.98. The molecular weight excluding hydrogens is 388 g/mol. The van der Waals surface area contributed by atoms with Crippen LogP contribution in [0.3, 0.4) is 0 Å². The largest absolute Gasteiger partial charge is 0.306 e. The Kier molecular flexibility index (Phi) is 5.81. The van der Waals surface area contributed by atoms with Crippen molar-refractivity contribution in [2.75, 3.05) is 6.54 Å². The molecule has 2 rings (SSSR count). The second-order valence-corrected chi connectivity index (χ2v) is 6.20. The maximum atomic E-state index is 13.1. The van der Waals surface area contributed by atoms with Crippen molar-refractivity contribution >= 4 is 34.2 Å². The van der Waals surface area contributed by atoms with E-state index in [0.29, 0.717) is 5.02 Å². The minimum absolute atomic E-state index is 0.0288. The summed E-state index contributed by atoms with van der Waals surface area (Å²) in [5, 5.41) is 4.22. The predicted molar refractivity (Wildman–Crippen MR) is 90.7 cm³/mol. The van der Waals surface area contributed by atoms with Crippen LogP contribution >= 0.6 is 34.2 Å². The van der Waals surface area contributed by atoms with Crippen molar-refractivity contribution in [1.29, 1.82) is 0 Å². The molecule has 1 nitrogen and oxygen atoms in total. The van der Waals surface area contributed by atoms with Gasteiger partial charge < -0.3 is 5.32 Å². The summed E-state index contributed by atoms with van der Waals surface area (Å²) in [5.74, 6) is -0.219. The Hall–Kier alpha value is -0.650. The lowest BCUT2D eigenvalue weighted by molar-refractivity contribution is 0.591. The molecule has 0 amide bonds. The van der Waals surface area contributed by atoms with Gasteiger partial charge in [-0.2, -0.15) is 0 Å². The van der Waals surface area contributed by atoms with Gasteiger partial charge in [0.2, 0.25) is 0 Å². The van der Waals surface area contributed by atoms with E-state index in [2.05, 4.69) is 34.8 Å². The van der Waals surface area contributed by atoms with Crippen LogP contribution in [-0.4, -0.2) is 6.54 Å². The third kappa shape index (κ3) is 3.93. The first kappa shape index (κ1) is 15.7. The van der Waals surface area contributed by atoms with E-state index >= 15 is 0 Å². The van der Waals surface area contributed by atoms with Crippen molar-refractivity contribution in [3.63, 3.8) is 0 Å². The lowest BCUT2D eigenvalue weighted by Crippen LogP contribution is -2.24. The van der Waals surface area contributed by atoms with E-state index in [1.165, 1.54) is 12.1 Å². The summed E-state index contributed by atoms with van der Waals surface area (Å²) in [6.45, 7) is 3.02. The molecule has 0 fully saturated rings. The highest BCUT2D eigenvalue weighted by atomic mass is 127.